The van der Waals surface area contributed by atoms with Crippen molar-refractivity contribution in [3.63, 3.8) is 0 Å². The van der Waals surface area contributed by atoms with Crippen molar-refractivity contribution in [2.75, 3.05) is 5.32 Å². The quantitative estimate of drug-likeness (QED) is 0.483. The average molecular weight is 412 g/mol. The number of carbonyl (C=O) groups is 1. The van der Waals surface area contributed by atoms with E-state index in [1.165, 1.54) is 0 Å². The molecule has 1 N–H and O–H groups in total. The highest BCUT2D eigenvalue weighted by Crippen LogP contribution is 2.24. The number of carbonyl (C=O) groups excluding carboxylic acids is 1. The molecule has 0 aliphatic rings. The van der Waals surface area contributed by atoms with Crippen molar-refractivity contribution >= 4 is 34.5 Å². The van der Waals surface area contributed by atoms with Crippen molar-refractivity contribution < 1.29 is 9.32 Å². The van der Waals surface area contributed by atoms with Gasteiger partial charge in [-0.05, 0) is 41.0 Å². The lowest BCUT2D eigenvalue weighted by atomic mass is 10.1. The van der Waals surface area contributed by atoms with E-state index in [-0.39, 0.29) is 5.91 Å². The van der Waals surface area contributed by atoms with Gasteiger partial charge in [0.1, 0.15) is 4.88 Å². The minimum Gasteiger partial charge on any atom is -0.339 e. The predicted octanol–water partition coefficient (Wildman–Crippen LogP) is 4.45. The molecule has 1 aromatic carbocycles. The van der Waals surface area contributed by atoms with Crippen LogP contribution in [0.4, 0.5) is 5.69 Å². The number of anilines is 1. The van der Waals surface area contributed by atoms with Crippen LogP contribution >= 0.6 is 22.9 Å². The van der Waals surface area contributed by atoms with Crippen molar-refractivity contribution in [1.29, 1.82) is 0 Å². The van der Waals surface area contributed by atoms with Crippen LogP contribution in [0.2, 0.25) is 0 Å². The Labute approximate surface area is 169 Å². The first-order chi connectivity index (χ1) is 13.7. The Morgan fingerprint density at radius 1 is 1.21 bits per heavy atom. The van der Waals surface area contributed by atoms with E-state index >= 15 is 0 Å². The number of hydrogen-bond acceptors (Lipinski definition) is 8. The SMILES string of the molecule is CCCc1nnsc1C(=O)Nc1ccccc1Cc1nc(-c2cccs2)no1. The molecule has 0 unspecified atom stereocenters. The van der Waals surface area contributed by atoms with Gasteiger partial charge in [0.2, 0.25) is 11.7 Å². The first-order valence-corrected chi connectivity index (χ1v) is 10.5. The first kappa shape index (κ1) is 18.5. The van der Waals surface area contributed by atoms with Crippen LogP contribution in [0.15, 0.2) is 46.3 Å². The standard InChI is InChI=1S/C19H17N5O2S2/c1-2-6-14-17(28-24-22-14)19(25)20-13-8-4-3-7-12(13)11-16-21-18(23-26-16)15-9-5-10-27-15/h3-5,7-10H,2,6,11H2,1H3,(H,20,25). The molecule has 7 nitrogen and oxygen atoms in total. The maximum atomic E-state index is 12.7. The molecule has 0 bridgehead atoms. The molecule has 0 fully saturated rings. The monoisotopic (exact) mass is 411 g/mol. The van der Waals surface area contributed by atoms with Crippen LogP contribution in [-0.2, 0) is 12.8 Å². The molecule has 0 saturated heterocycles. The first-order valence-electron chi connectivity index (χ1n) is 8.81. The fraction of sp³-hybridized carbons (Fsp3) is 0.211. The van der Waals surface area contributed by atoms with Gasteiger partial charge in [-0.25, -0.2) is 0 Å². The highest BCUT2D eigenvalue weighted by Gasteiger charge is 2.18. The summed E-state index contributed by atoms with van der Waals surface area (Å²) in [6.45, 7) is 2.05. The van der Waals surface area contributed by atoms with Crippen molar-refractivity contribution in [2.45, 2.75) is 26.2 Å². The number of amides is 1. The van der Waals surface area contributed by atoms with Crippen molar-refractivity contribution in [1.82, 2.24) is 19.7 Å². The molecule has 0 radical (unpaired) electrons. The zero-order chi connectivity index (χ0) is 19.3. The summed E-state index contributed by atoms with van der Waals surface area (Å²) >= 11 is 2.67. The molecule has 9 heteroatoms. The Morgan fingerprint density at radius 2 is 2.11 bits per heavy atom. The second-order valence-corrected chi connectivity index (χ2v) is 7.78. The molecule has 1 amide bonds. The summed E-state index contributed by atoms with van der Waals surface area (Å²) in [5.41, 5.74) is 2.34. The summed E-state index contributed by atoms with van der Waals surface area (Å²) in [4.78, 5) is 18.7. The Balaban J connectivity index is 1.52. The summed E-state index contributed by atoms with van der Waals surface area (Å²) in [6, 6.07) is 11.5. The normalized spacial score (nSPS) is 10.9. The molecule has 4 aromatic rings. The van der Waals surface area contributed by atoms with E-state index in [2.05, 4.69) is 25.0 Å². The largest absolute Gasteiger partial charge is 0.339 e. The van der Waals surface area contributed by atoms with Gasteiger partial charge in [-0.15, -0.1) is 16.4 Å². The van der Waals surface area contributed by atoms with Gasteiger partial charge in [0, 0.05) is 5.69 Å². The van der Waals surface area contributed by atoms with E-state index < -0.39 is 0 Å². The van der Waals surface area contributed by atoms with E-state index in [4.69, 9.17) is 4.52 Å². The molecule has 28 heavy (non-hydrogen) atoms. The number of thiophene rings is 1. The van der Waals surface area contributed by atoms with E-state index in [0.29, 0.717) is 28.7 Å². The molecule has 3 heterocycles. The minimum absolute atomic E-state index is 0.198. The van der Waals surface area contributed by atoms with Gasteiger partial charge in [0.15, 0.2) is 0 Å². The molecule has 0 aliphatic carbocycles. The Kier molecular flexibility index (Phi) is 5.54. The molecule has 142 valence electrons. The van der Waals surface area contributed by atoms with E-state index in [1.807, 2.05) is 48.7 Å². The smallest absolute Gasteiger partial charge is 0.269 e. The molecule has 0 saturated carbocycles. The van der Waals surface area contributed by atoms with Gasteiger partial charge in [0.05, 0.1) is 17.0 Å². The predicted molar refractivity (Wildman–Crippen MR) is 109 cm³/mol. The third-order valence-corrected chi connectivity index (χ3v) is 5.70. The van der Waals surface area contributed by atoms with Crippen LogP contribution in [0.25, 0.3) is 10.7 Å². The van der Waals surface area contributed by atoms with Crippen LogP contribution in [-0.4, -0.2) is 25.6 Å². The molecule has 0 spiro atoms. The van der Waals surface area contributed by atoms with E-state index in [0.717, 1.165) is 40.5 Å². The zero-order valence-corrected chi connectivity index (χ0v) is 16.7. The average Bonchev–Trinajstić information content (AvgIpc) is 3.45. The van der Waals surface area contributed by atoms with Crippen LogP contribution in [0.5, 0.6) is 0 Å². The third-order valence-electron chi connectivity index (χ3n) is 4.07. The van der Waals surface area contributed by atoms with Gasteiger partial charge in [-0.1, -0.05) is 47.3 Å². The maximum absolute atomic E-state index is 12.7. The topological polar surface area (TPSA) is 93.8 Å². The molecule has 3 aromatic heterocycles. The van der Waals surface area contributed by atoms with Crippen molar-refractivity contribution in [3.05, 3.63) is 63.8 Å². The number of rotatable bonds is 7. The second-order valence-electron chi connectivity index (χ2n) is 6.08. The summed E-state index contributed by atoms with van der Waals surface area (Å²) < 4.78 is 9.31. The Bertz CT molecular complexity index is 1070. The van der Waals surface area contributed by atoms with Crippen molar-refractivity contribution in [3.8, 4) is 10.7 Å². The van der Waals surface area contributed by atoms with Gasteiger partial charge in [0.25, 0.3) is 5.91 Å². The van der Waals surface area contributed by atoms with Gasteiger partial charge in [-0.3, -0.25) is 4.79 Å². The van der Waals surface area contributed by atoms with E-state index in [9.17, 15) is 4.79 Å². The fourth-order valence-electron chi connectivity index (χ4n) is 2.75. The van der Waals surface area contributed by atoms with Gasteiger partial charge < -0.3 is 9.84 Å². The summed E-state index contributed by atoms with van der Waals surface area (Å²) in [5.74, 6) is 0.874. The fourth-order valence-corrected chi connectivity index (χ4v) is 4.00. The summed E-state index contributed by atoms with van der Waals surface area (Å²) in [6.07, 6.45) is 2.07. The second kappa shape index (κ2) is 8.41. The maximum Gasteiger partial charge on any atom is 0.269 e. The molecule has 0 aliphatic heterocycles. The summed E-state index contributed by atoms with van der Waals surface area (Å²) in [7, 11) is 0. The number of nitrogens with zero attached hydrogens (tertiary/aromatic N) is 4. The summed E-state index contributed by atoms with van der Waals surface area (Å²) in [5, 5.41) is 13.0. The Hall–Kier alpha value is -2.91. The van der Waals surface area contributed by atoms with Crippen molar-refractivity contribution in [2.24, 2.45) is 0 Å². The van der Waals surface area contributed by atoms with Crippen LogP contribution in [0.1, 0.15) is 40.2 Å². The van der Waals surface area contributed by atoms with Crippen LogP contribution < -0.4 is 5.32 Å². The lowest BCUT2D eigenvalue weighted by Crippen LogP contribution is -2.14. The van der Waals surface area contributed by atoms with Gasteiger partial charge in [-0.2, -0.15) is 4.98 Å². The number of para-hydroxylation sites is 1. The van der Waals surface area contributed by atoms with Crippen LogP contribution in [0, 0.1) is 0 Å². The highest BCUT2D eigenvalue weighted by atomic mass is 32.1. The molecule has 4 rings (SSSR count). The lowest BCUT2D eigenvalue weighted by Gasteiger charge is -2.09. The number of aromatic nitrogens is 4. The minimum atomic E-state index is -0.198. The Morgan fingerprint density at radius 3 is 2.93 bits per heavy atom. The highest BCUT2D eigenvalue weighted by molar-refractivity contribution is 7.13. The van der Waals surface area contributed by atoms with E-state index in [1.54, 1.807) is 11.3 Å². The molecule has 0 atom stereocenters. The molecular formula is C19H17N5O2S2. The third kappa shape index (κ3) is 4.00. The number of nitrogens with one attached hydrogen (secondary N) is 1. The van der Waals surface area contributed by atoms with Crippen LogP contribution in [0.3, 0.4) is 0 Å². The number of hydrogen-bond donors (Lipinski definition) is 1. The zero-order valence-electron chi connectivity index (χ0n) is 15.1. The van der Waals surface area contributed by atoms with Gasteiger partial charge >= 0.3 is 0 Å². The molecular weight excluding hydrogens is 394 g/mol. The number of aryl methyl sites for hydroxylation is 1. The number of benzene rings is 1. The lowest BCUT2D eigenvalue weighted by molar-refractivity contribution is 0.102.